The van der Waals surface area contributed by atoms with Crippen LogP contribution in [0.2, 0.25) is 5.02 Å². The zero-order valence-electron chi connectivity index (χ0n) is 18.2. The molecule has 0 saturated carbocycles. The number of nitrogens with zero attached hydrogens (tertiary/aromatic N) is 2. The maximum absolute atomic E-state index is 13.0. The Balaban J connectivity index is 1.87. The number of sulfonamides is 1. The molecule has 0 aromatic heterocycles. The minimum absolute atomic E-state index is 0.109. The third-order valence-corrected chi connectivity index (χ3v) is 7.88. The van der Waals surface area contributed by atoms with Crippen LogP contribution in [-0.2, 0) is 10.0 Å². The van der Waals surface area contributed by atoms with E-state index in [1.54, 1.807) is 32.0 Å². The number of piperazine rings is 1. The zero-order valence-corrected chi connectivity index (χ0v) is 19.8. The van der Waals surface area contributed by atoms with Crippen molar-refractivity contribution in [1.82, 2.24) is 4.31 Å². The molecule has 2 aromatic rings. The number of rotatable bonds is 7. The van der Waals surface area contributed by atoms with Crippen LogP contribution in [0.3, 0.4) is 0 Å². The van der Waals surface area contributed by atoms with E-state index in [0.29, 0.717) is 23.8 Å². The molecule has 1 aliphatic rings. The third-order valence-electron chi connectivity index (χ3n) is 5.60. The molecule has 9 heteroatoms. The van der Waals surface area contributed by atoms with E-state index in [-0.39, 0.29) is 16.4 Å². The summed E-state index contributed by atoms with van der Waals surface area (Å²) >= 11 is 6.20. The number of likely N-dealkylation sites (N-methyl/N-ethyl adjacent to an activating group) is 1. The number of quaternary nitrogens is 1. The van der Waals surface area contributed by atoms with Crippen LogP contribution in [0.1, 0.15) is 24.2 Å². The van der Waals surface area contributed by atoms with Gasteiger partial charge in [-0.05, 0) is 36.4 Å². The fraction of sp³-hybridized carbons (Fsp3) is 0.409. The molecule has 31 heavy (non-hydrogen) atoms. The molecule has 0 spiro atoms. The van der Waals surface area contributed by atoms with Crippen LogP contribution in [-0.4, -0.2) is 64.9 Å². The van der Waals surface area contributed by atoms with Gasteiger partial charge in [0.15, 0.2) is 0 Å². The Bertz CT molecular complexity index is 1030. The largest absolute Gasteiger partial charge is 0.359 e. The van der Waals surface area contributed by atoms with Crippen molar-refractivity contribution in [2.45, 2.75) is 18.7 Å². The number of nitrogens with one attached hydrogen (secondary N) is 2. The normalized spacial score (nSPS) is 15.3. The first-order valence-electron chi connectivity index (χ1n) is 10.5. The van der Waals surface area contributed by atoms with Crippen molar-refractivity contribution in [2.24, 2.45) is 0 Å². The Morgan fingerprint density at radius 3 is 2.45 bits per heavy atom. The van der Waals surface area contributed by atoms with Gasteiger partial charge >= 0.3 is 0 Å². The van der Waals surface area contributed by atoms with Gasteiger partial charge in [-0.15, -0.1) is 0 Å². The second kappa shape index (κ2) is 9.99. The molecule has 1 fully saturated rings. The van der Waals surface area contributed by atoms with E-state index in [1.165, 1.54) is 21.3 Å². The second-order valence-corrected chi connectivity index (χ2v) is 10.1. The lowest BCUT2D eigenvalue weighted by atomic mass is 10.1. The number of carbonyl (C=O) groups is 1. The van der Waals surface area contributed by atoms with Gasteiger partial charge in [-0.3, -0.25) is 4.79 Å². The Labute approximate surface area is 189 Å². The highest BCUT2D eigenvalue weighted by Gasteiger charge is 2.24. The van der Waals surface area contributed by atoms with Crippen molar-refractivity contribution >= 4 is 38.9 Å². The molecule has 0 bridgehead atoms. The van der Waals surface area contributed by atoms with Crippen LogP contribution < -0.4 is 15.1 Å². The van der Waals surface area contributed by atoms with Crippen LogP contribution in [0.25, 0.3) is 0 Å². The summed E-state index contributed by atoms with van der Waals surface area (Å²) in [7, 11) is -1.48. The van der Waals surface area contributed by atoms with Crippen LogP contribution in [0, 0.1) is 0 Å². The van der Waals surface area contributed by atoms with Crippen LogP contribution >= 0.6 is 11.6 Å². The van der Waals surface area contributed by atoms with Gasteiger partial charge in [-0.25, -0.2) is 8.42 Å². The summed E-state index contributed by atoms with van der Waals surface area (Å²) in [5, 5.41) is 3.46. The van der Waals surface area contributed by atoms with Gasteiger partial charge < -0.3 is 15.1 Å². The molecular formula is C22H30ClN4O3S+. The monoisotopic (exact) mass is 465 g/mol. The first kappa shape index (κ1) is 23.5. The fourth-order valence-corrected chi connectivity index (χ4v) is 5.39. The molecule has 2 aromatic carbocycles. The highest BCUT2D eigenvalue weighted by molar-refractivity contribution is 7.89. The molecule has 0 radical (unpaired) electrons. The van der Waals surface area contributed by atoms with Crippen LogP contribution in [0.5, 0.6) is 0 Å². The molecule has 7 nitrogen and oxygen atoms in total. The summed E-state index contributed by atoms with van der Waals surface area (Å²) in [6.07, 6.45) is 0. The van der Waals surface area contributed by atoms with Gasteiger partial charge in [0.1, 0.15) is 0 Å². The first-order valence-corrected chi connectivity index (χ1v) is 12.4. The number of amides is 1. The van der Waals surface area contributed by atoms with Crippen LogP contribution in [0.15, 0.2) is 47.4 Å². The van der Waals surface area contributed by atoms with Crippen molar-refractivity contribution in [3.63, 3.8) is 0 Å². The molecule has 2 N–H and O–H groups in total. The van der Waals surface area contributed by atoms with Crippen molar-refractivity contribution < 1.29 is 18.1 Å². The highest BCUT2D eigenvalue weighted by atomic mass is 35.5. The maximum Gasteiger partial charge on any atom is 0.255 e. The first-order chi connectivity index (χ1) is 14.8. The molecule has 1 saturated heterocycles. The van der Waals surface area contributed by atoms with Crippen molar-refractivity contribution in [1.29, 1.82) is 0 Å². The lowest BCUT2D eigenvalue weighted by molar-refractivity contribution is -0.880. The Morgan fingerprint density at radius 2 is 1.81 bits per heavy atom. The van der Waals surface area contributed by atoms with E-state index in [1.807, 2.05) is 12.1 Å². The van der Waals surface area contributed by atoms with Crippen LogP contribution in [0.4, 0.5) is 11.4 Å². The number of benzene rings is 2. The Hall–Kier alpha value is -2.13. The van der Waals surface area contributed by atoms with E-state index in [9.17, 15) is 13.2 Å². The Kier molecular flexibility index (Phi) is 7.59. The minimum Gasteiger partial charge on any atom is -0.359 e. The average Bonchev–Trinajstić information content (AvgIpc) is 2.75. The molecule has 0 aliphatic carbocycles. The predicted molar refractivity (Wildman–Crippen MR) is 125 cm³/mol. The number of carbonyl (C=O) groups excluding carboxylic acids is 1. The second-order valence-electron chi connectivity index (χ2n) is 7.68. The van der Waals surface area contributed by atoms with E-state index in [2.05, 4.69) is 17.3 Å². The van der Waals surface area contributed by atoms with Gasteiger partial charge in [0, 0.05) is 23.7 Å². The van der Waals surface area contributed by atoms with Crippen molar-refractivity contribution in [2.75, 3.05) is 56.5 Å². The van der Waals surface area contributed by atoms with E-state index < -0.39 is 10.0 Å². The summed E-state index contributed by atoms with van der Waals surface area (Å²) in [6.45, 7) is 8.11. The standard InChI is InChI=1S/C22H29ClN4O3S/c1-4-27(5-2)31(29,30)19-8-6-7-17(15-19)22(28)24-20-16-18(23)9-10-21(20)26-13-11-25(3)12-14-26/h6-10,15-16H,4-5,11-14H2,1-3H3,(H,24,28)/p+1. The molecule has 168 valence electrons. The molecule has 1 amide bonds. The molecular weight excluding hydrogens is 436 g/mol. The van der Waals surface area contributed by atoms with Gasteiger partial charge in [0.2, 0.25) is 10.0 Å². The topological polar surface area (TPSA) is 74.2 Å². The van der Waals surface area contributed by atoms with Gasteiger partial charge in [0.25, 0.3) is 5.91 Å². The summed E-state index contributed by atoms with van der Waals surface area (Å²) in [6, 6.07) is 11.6. The molecule has 3 rings (SSSR count). The number of anilines is 2. The summed E-state index contributed by atoms with van der Waals surface area (Å²) < 4.78 is 27.0. The van der Waals surface area contributed by atoms with Gasteiger partial charge in [-0.1, -0.05) is 31.5 Å². The lowest BCUT2D eigenvalue weighted by Gasteiger charge is -2.33. The van der Waals surface area contributed by atoms with E-state index >= 15 is 0 Å². The maximum atomic E-state index is 13.0. The molecule has 1 heterocycles. The summed E-state index contributed by atoms with van der Waals surface area (Å²) in [5.41, 5.74) is 1.81. The lowest BCUT2D eigenvalue weighted by Crippen LogP contribution is -3.12. The fourth-order valence-electron chi connectivity index (χ4n) is 3.72. The van der Waals surface area contributed by atoms with Gasteiger partial charge in [-0.2, -0.15) is 4.31 Å². The molecule has 0 unspecified atom stereocenters. The third kappa shape index (κ3) is 5.38. The van der Waals surface area contributed by atoms with Crippen molar-refractivity contribution in [3.8, 4) is 0 Å². The minimum atomic E-state index is -3.65. The smallest absolute Gasteiger partial charge is 0.255 e. The van der Waals surface area contributed by atoms with Gasteiger partial charge in [0.05, 0.1) is 49.5 Å². The predicted octanol–water partition coefficient (Wildman–Crippen LogP) is 1.96. The molecule has 1 aliphatic heterocycles. The van der Waals surface area contributed by atoms with Crippen molar-refractivity contribution in [3.05, 3.63) is 53.1 Å². The number of hydrogen-bond acceptors (Lipinski definition) is 4. The zero-order chi connectivity index (χ0) is 22.6. The van der Waals surface area contributed by atoms with E-state index in [4.69, 9.17) is 11.6 Å². The Morgan fingerprint density at radius 1 is 1.13 bits per heavy atom. The number of halogens is 1. The van der Waals surface area contributed by atoms with E-state index in [0.717, 1.165) is 31.9 Å². The summed E-state index contributed by atoms with van der Waals surface area (Å²) in [4.78, 5) is 16.8. The highest BCUT2D eigenvalue weighted by Crippen LogP contribution is 2.30. The summed E-state index contributed by atoms with van der Waals surface area (Å²) in [5.74, 6) is -0.375. The average molecular weight is 466 g/mol. The molecule has 0 atom stereocenters. The quantitative estimate of drug-likeness (QED) is 0.655. The number of hydrogen-bond donors (Lipinski definition) is 2. The SMILES string of the molecule is CCN(CC)S(=O)(=O)c1cccc(C(=O)Nc2cc(Cl)ccc2N2CC[NH+](C)CC2)c1.